The SMILES string of the molecule is C[C@@H]1C[C@@H](N2Cc3ccc(Cl)nc3C2=O)CN1C(=O)OC(C)(C)C. The molecular formula is C17H22ClN3O3. The Kier molecular flexibility index (Phi) is 4.20. The molecule has 2 aliphatic heterocycles. The molecule has 3 rings (SSSR count). The Morgan fingerprint density at radius 1 is 1.38 bits per heavy atom. The number of likely N-dealkylation sites (tertiary alicyclic amines) is 1. The van der Waals surface area contributed by atoms with E-state index in [4.69, 9.17) is 16.3 Å². The van der Waals surface area contributed by atoms with Gasteiger partial charge in [-0.05, 0) is 40.2 Å². The Balaban J connectivity index is 1.72. The number of aromatic nitrogens is 1. The van der Waals surface area contributed by atoms with Gasteiger partial charge in [0.1, 0.15) is 16.4 Å². The van der Waals surface area contributed by atoms with Crippen LogP contribution in [0.3, 0.4) is 0 Å². The van der Waals surface area contributed by atoms with Crippen molar-refractivity contribution in [1.82, 2.24) is 14.8 Å². The van der Waals surface area contributed by atoms with Gasteiger partial charge in [0.05, 0.1) is 6.04 Å². The van der Waals surface area contributed by atoms with E-state index in [2.05, 4.69) is 4.98 Å². The number of hydrogen-bond acceptors (Lipinski definition) is 4. The van der Waals surface area contributed by atoms with Crippen LogP contribution in [0.1, 0.15) is 50.2 Å². The maximum Gasteiger partial charge on any atom is 0.410 e. The smallest absolute Gasteiger partial charge is 0.410 e. The molecule has 0 aromatic carbocycles. The third kappa shape index (κ3) is 3.20. The van der Waals surface area contributed by atoms with Crippen molar-refractivity contribution in [3.05, 3.63) is 28.5 Å². The molecule has 130 valence electrons. The highest BCUT2D eigenvalue weighted by atomic mass is 35.5. The van der Waals surface area contributed by atoms with Gasteiger partial charge in [-0.1, -0.05) is 17.7 Å². The van der Waals surface area contributed by atoms with Crippen LogP contribution in [0.5, 0.6) is 0 Å². The van der Waals surface area contributed by atoms with Crippen LogP contribution in [0.25, 0.3) is 0 Å². The topological polar surface area (TPSA) is 62.7 Å². The minimum absolute atomic E-state index is 0.0258. The first-order chi connectivity index (χ1) is 11.2. The summed E-state index contributed by atoms with van der Waals surface area (Å²) in [5.41, 5.74) is 0.772. The maximum atomic E-state index is 12.6. The fourth-order valence-electron chi connectivity index (χ4n) is 3.27. The molecule has 1 aromatic rings. The summed E-state index contributed by atoms with van der Waals surface area (Å²) in [5, 5.41) is 0.319. The predicted octanol–water partition coefficient (Wildman–Crippen LogP) is 3.09. The van der Waals surface area contributed by atoms with Gasteiger partial charge in [-0.3, -0.25) is 4.79 Å². The Morgan fingerprint density at radius 2 is 2.08 bits per heavy atom. The molecule has 6 nitrogen and oxygen atoms in total. The average molecular weight is 352 g/mol. The van der Waals surface area contributed by atoms with E-state index >= 15 is 0 Å². The second kappa shape index (κ2) is 5.92. The van der Waals surface area contributed by atoms with Crippen LogP contribution in [0.4, 0.5) is 4.79 Å². The molecule has 0 N–H and O–H groups in total. The van der Waals surface area contributed by atoms with E-state index in [-0.39, 0.29) is 24.1 Å². The molecule has 1 aromatic heterocycles. The summed E-state index contributed by atoms with van der Waals surface area (Å²) in [6.45, 7) is 8.51. The van der Waals surface area contributed by atoms with E-state index in [1.54, 1.807) is 15.9 Å². The molecule has 3 heterocycles. The second-order valence-electron chi connectivity index (χ2n) is 7.45. The van der Waals surface area contributed by atoms with E-state index in [1.165, 1.54) is 0 Å². The van der Waals surface area contributed by atoms with Crippen molar-refractivity contribution in [2.24, 2.45) is 0 Å². The van der Waals surface area contributed by atoms with Crippen LogP contribution in [-0.2, 0) is 11.3 Å². The van der Waals surface area contributed by atoms with Crippen LogP contribution < -0.4 is 0 Å². The van der Waals surface area contributed by atoms with Crippen molar-refractivity contribution in [2.75, 3.05) is 6.54 Å². The maximum absolute atomic E-state index is 12.6. The third-order valence-electron chi connectivity index (χ3n) is 4.37. The highest BCUT2D eigenvalue weighted by Gasteiger charge is 2.42. The number of ether oxygens (including phenoxy) is 1. The van der Waals surface area contributed by atoms with E-state index < -0.39 is 5.60 Å². The van der Waals surface area contributed by atoms with Crippen molar-refractivity contribution in [1.29, 1.82) is 0 Å². The summed E-state index contributed by atoms with van der Waals surface area (Å²) < 4.78 is 5.46. The van der Waals surface area contributed by atoms with Crippen LogP contribution in [0, 0.1) is 0 Å². The predicted molar refractivity (Wildman–Crippen MR) is 89.9 cm³/mol. The first-order valence-corrected chi connectivity index (χ1v) is 8.49. The molecule has 0 aliphatic carbocycles. The molecule has 7 heteroatoms. The minimum atomic E-state index is -0.532. The Bertz CT molecular complexity index is 686. The van der Waals surface area contributed by atoms with Gasteiger partial charge in [-0.15, -0.1) is 0 Å². The number of carbonyl (C=O) groups excluding carboxylic acids is 2. The highest BCUT2D eigenvalue weighted by molar-refractivity contribution is 6.29. The lowest BCUT2D eigenvalue weighted by atomic mass is 10.1. The molecule has 0 saturated carbocycles. The lowest BCUT2D eigenvalue weighted by Gasteiger charge is -2.27. The Hall–Kier alpha value is -1.82. The molecule has 0 unspecified atom stereocenters. The number of pyridine rings is 1. The first-order valence-electron chi connectivity index (χ1n) is 8.12. The normalized spacial score (nSPS) is 23.6. The van der Waals surface area contributed by atoms with Gasteiger partial charge in [0.15, 0.2) is 0 Å². The van der Waals surface area contributed by atoms with E-state index in [0.717, 1.165) is 12.0 Å². The standard InChI is InChI=1S/C17H22ClN3O3/c1-10-7-12(9-20(10)16(23)24-17(2,3)4)21-8-11-5-6-13(18)19-14(11)15(21)22/h5-6,10,12H,7-9H2,1-4H3/t10-,12-/m1/s1. The molecular weight excluding hydrogens is 330 g/mol. The number of amides is 2. The Labute approximate surface area is 146 Å². The number of carbonyl (C=O) groups is 2. The molecule has 24 heavy (non-hydrogen) atoms. The molecule has 2 aliphatic rings. The highest BCUT2D eigenvalue weighted by Crippen LogP contribution is 2.31. The van der Waals surface area contributed by atoms with Crippen molar-refractivity contribution < 1.29 is 14.3 Å². The number of nitrogens with zero attached hydrogens (tertiary/aromatic N) is 3. The summed E-state index contributed by atoms with van der Waals surface area (Å²) >= 11 is 5.89. The van der Waals surface area contributed by atoms with Gasteiger partial charge >= 0.3 is 6.09 Å². The summed E-state index contributed by atoms with van der Waals surface area (Å²) in [7, 11) is 0. The zero-order chi connectivity index (χ0) is 17.6. The molecule has 2 atom stereocenters. The first kappa shape index (κ1) is 17.0. The lowest BCUT2D eigenvalue weighted by Crippen LogP contribution is -2.41. The van der Waals surface area contributed by atoms with E-state index in [0.29, 0.717) is 23.9 Å². The molecule has 2 amide bonds. The van der Waals surface area contributed by atoms with Gasteiger partial charge in [0.2, 0.25) is 0 Å². The number of halogens is 1. The van der Waals surface area contributed by atoms with Crippen LogP contribution in [0.2, 0.25) is 5.15 Å². The van der Waals surface area contributed by atoms with Crippen molar-refractivity contribution in [2.45, 2.75) is 58.3 Å². The monoisotopic (exact) mass is 351 g/mol. The molecule has 0 spiro atoms. The lowest BCUT2D eigenvalue weighted by molar-refractivity contribution is 0.0225. The summed E-state index contributed by atoms with van der Waals surface area (Å²) in [4.78, 5) is 32.6. The van der Waals surface area contributed by atoms with Gasteiger partial charge < -0.3 is 14.5 Å². The second-order valence-corrected chi connectivity index (χ2v) is 7.83. The summed E-state index contributed by atoms with van der Waals surface area (Å²) in [6, 6.07) is 3.53. The fraction of sp³-hybridized carbons (Fsp3) is 0.588. The summed E-state index contributed by atoms with van der Waals surface area (Å²) in [6.07, 6.45) is 0.398. The van der Waals surface area contributed by atoms with E-state index in [9.17, 15) is 9.59 Å². The largest absolute Gasteiger partial charge is 0.444 e. The van der Waals surface area contributed by atoms with Gasteiger partial charge in [-0.25, -0.2) is 9.78 Å². The third-order valence-corrected chi connectivity index (χ3v) is 4.58. The fourth-order valence-corrected chi connectivity index (χ4v) is 3.41. The number of hydrogen-bond donors (Lipinski definition) is 0. The molecule has 1 saturated heterocycles. The molecule has 0 radical (unpaired) electrons. The number of rotatable bonds is 1. The average Bonchev–Trinajstić information content (AvgIpc) is 2.99. The van der Waals surface area contributed by atoms with Crippen molar-refractivity contribution in [3.63, 3.8) is 0 Å². The summed E-state index contributed by atoms with van der Waals surface area (Å²) in [5.74, 6) is -0.115. The zero-order valence-corrected chi connectivity index (χ0v) is 15.1. The number of fused-ring (bicyclic) bond motifs is 1. The molecule has 0 bridgehead atoms. The van der Waals surface area contributed by atoms with Gasteiger partial charge in [0.25, 0.3) is 5.91 Å². The van der Waals surface area contributed by atoms with Crippen LogP contribution in [-0.4, -0.2) is 51.0 Å². The molecule has 1 fully saturated rings. The Morgan fingerprint density at radius 3 is 2.75 bits per heavy atom. The minimum Gasteiger partial charge on any atom is -0.444 e. The van der Waals surface area contributed by atoms with E-state index in [1.807, 2.05) is 33.8 Å². The van der Waals surface area contributed by atoms with Crippen LogP contribution in [0.15, 0.2) is 12.1 Å². The van der Waals surface area contributed by atoms with Gasteiger partial charge in [0, 0.05) is 24.7 Å². The quantitative estimate of drug-likeness (QED) is 0.729. The van der Waals surface area contributed by atoms with Gasteiger partial charge in [-0.2, -0.15) is 0 Å². The zero-order valence-electron chi connectivity index (χ0n) is 14.4. The van der Waals surface area contributed by atoms with Crippen molar-refractivity contribution in [3.8, 4) is 0 Å². The van der Waals surface area contributed by atoms with Crippen LogP contribution >= 0.6 is 11.6 Å². The van der Waals surface area contributed by atoms with Crippen molar-refractivity contribution >= 4 is 23.6 Å².